The number of aliphatic carboxylic acids is 1. The zero-order valence-corrected chi connectivity index (χ0v) is 12.6. The molecule has 0 saturated heterocycles. The predicted molar refractivity (Wildman–Crippen MR) is 77.2 cm³/mol. The SMILES string of the molecule is CCC1CC(C(=O)O)C(C(=O)N[C@@H](C)C2CCCC2)C1. The normalized spacial score (nSPS) is 32.2. The van der Waals surface area contributed by atoms with Crippen molar-refractivity contribution in [2.24, 2.45) is 23.7 Å². The van der Waals surface area contributed by atoms with Gasteiger partial charge in [0.25, 0.3) is 0 Å². The van der Waals surface area contributed by atoms with Crippen molar-refractivity contribution in [1.29, 1.82) is 0 Å². The van der Waals surface area contributed by atoms with E-state index in [-0.39, 0.29) is 17.9 Å². The molecule has 20 heavy (non-hydrogen) atoms. The second kappa shape index (κ2) is 6.59. The molecule has 2 N–H and O–H groups in total. The molecule has 2 rings (SSSR count). The highest BCUT2D eigenvalue weighted by atomic mass is 16.4. The third-order valence-electron chi connectivity index (χ3n) is 5.37. The maximum atomic E-state index is 12.4. The van der Waals surface area contributed by atoms with E-state index in [2.05, 4.69) is 19.2 Å². The van der Waals surface area contributed by atoms with Gasteiger partial charge >= 0.3 is 5.97 Å². The van der Waals surface area contributed by atoms with E-state index in [4.69, 9.17) is 0 Å². The van der Waals surface area contributed by atoms with Crippen LogP contribution in [0.1, 0.15) is 58.8 Å². The molecule has 4 heteroatoms. The maximum Gasteiger partial charge on any atom is 0.307 e. The Bertz CT molecular complexity index is 363. The molecule has 0 heterocycles. The molecule has 2 aliphatic carbocycles. The van der Waals surface area contributed by atoms with Crippen LogP contribution in [-0.2, 0) is 9.59 Å². The summed E-state index contributed by atoms with van der Waals surface area (Å²) >= 11 is 0. The number of carboxylic acid groups (broad SMARTS) is 1. The Kier molecular flexibility index (Phi) is 5.06. The van der Waals surface area contributed by atoms with Gasteiger partial charge < -0.3 is 10.4 Å². The summed E-state index contributed by atoms with van der Waals surface area (Å²) in [7, 11) is 0. The largest absolute Gasteiger partial charge is 0.481 e. The molecular formula is C16H27NO3. The summed E-state index contributed by atoms with van der Waals surface area (Å²) in [6.45, 7) is 4.14. The number of hydrogen-bond donors (Lipinski definition) is 2. The second-order valence-electron chi connectivity index (χ2n) is 6.64. The van der Waals surface area contributed by atoms with Gasteiger partial charge in [-0.05, 0) is 44.4 Å². The van der Waals surface area contributed by atoms with Crippen molar-refractivity contribution in [2.45, 2.75) is 64.8 Å². The molecule has 114 valence electrons. The Morgan fingerprint density at radius 1 is 1.20 bits per heavy atom. The predicted octanol–water partition coefficient (Wildman–Crippen LogP) is 2.82. The fraction of sp³-hybridized carbons (Fsp3) is 0.875. The molecular weight excluding hydrogens is 254 g/mol. The first-order valence-electron chi connectivity index (χ1n) is 8.06. The number of carbonyl (C=O) groups is 2. The molecule has 0 aromatic heterocycles. The van der Waals surface area contributed by atoms with E-state index in [1.807, 2.05) is 0 Å². The number of nitrogens with one attached hydrogen (secondary N) is 1. The van der Waals surface area contributed by atoms with Gasteiger partial charge in [-0.1, -0.05) is 26.2 Å². The topological polar surface area (TPSA) is 66.4 Å². The highest BCUT2D eigenvalue weighted by Gasteiger charge is 2.42. The van der Waals surface area contributed by atoms with Crippen molar-refractivity contribution in [3.05, 3.63) is 0 Å². The summed E-state index contributed by atoms with van der Waals surface area (Å²) in [6.07, 6.45) is 7.23. The van der Waals surface area contributed by atoms with Gasteiger partial charge in [0.05, 0.1) is 11.8 Å². The Labute approximate surface area is 121 Å². The van der Waals surface area contributed by atoms with Gasteiger partial charge in [0.15, 0.2) is 0 Å². The third kappa shape index (κ3) is 3.33. The van der Waals surface area contributed by atoms with Crippen LogP contribution in [0.25, 0.3) is 0 Å². The van der Waals surface area contributed by atoms with E-state index >= 15 is 0 Å². The summed E-state index contributed by atoms with van der Waals surface area (Å²) < 4.78 is 0. The van der Waals surface area contributed by atoms with E-state index in [0.717, 1.165) is 12.8 Å². The van der Waals surface area contributed by atoms with Crippen LogP contribution >= 0.6 is 0 Å². The summed E-state index contributed by atoms with van der Waals surface area (Å²) in [5, 5.41) is 12.4. The van der Waals surface area contributed by atoms with Crippen molar-refractivity contribution in [3.63, 3.8) is 0 Å². The molecule has 0 aromatic rings. The van der Waals surface area contributed by atoms with Crippen molar-refractivity contribution in [3.8, 4) is 0 Å². The standard InChI is InChI=1S/C16H27NO3/c1-3-11-8-13(14(9-11)16(19)20)15(18)17-10(2)12-6-4-5-7-12/h10-14H,3-9H2,1-2H3,(H,17,18)(H,19,20)/t10-,11?,13?,14?/m0/s1. The second-order valence-corrected chi connectivity index (χ2v) is 6.64. The van der Waals surface area contributed by atoms with Crippen LogP contribution in [-0.4, -0.2) is 23.0 Å². The van der Waals surface area contributed by atoms with Gasteiger partial charge in [-0.25, -0.2) is 0 Å². The molecule has 1 amide bonds. The van der Waals surface area contributed by atoms with Crippen molar-refractivity contribution in [1.82, 2.24) is 5.32 Å². The number of rotatable bonds is 5. The summed E-state index contributed by atoms with van der Waals surface area (Å²) in [6, 6.07) is 0.181. The Morgan fingerprint density at radius 2 is 1.80 bits per heavy atom. The van der Waals surface area contributed by atoms with Gasteiger partial charge in [0.1, 0.15) is 0 Å². The summed E-state index contributed by atoms with van der Waals surface area (Å²) in [4.78, 5) is 23.8. The van der Waals surface area contributed by atoms with Crippen molar-refractivity contribution >= 4 is 11.9 Å². The van der Waals surface area contributed by atoms with Crippen LogP contribution in [0, 0.1) is 23.7 Å². The Morgan fingerprint density at radius 3 is 2.35 bits per heavy atom. The molecule has 2 fully saturated rings. The van der Waals surface area contributed by atoms with Crippen molar-refractivity contribution < 1.29 is 14.7 Å². The van der Waals surface area contributed by atoms with E-state index in [1.165, 1.54) is 25.7 Å². The molecule has 0 bridgehead atoms. The van der Waals surface area contributed by atoms with Gasteiger partial charge in [0.2, 0.25) is 5.91 Å². The van der Waals surface area contributed by atoms with Gasteiger partial charge in [-0.2, -0.15) is 0 Å². The minimum absolute atomic E-state index is 0.0345. The van der Waals surface area contributed by atoms with E-state index in [9.17, 15) is 14.7 Å². The molecule has 3 unspecified atom stereocenters. The van der Waals surface area contributed by atoms with Gasteiger partial charge in [-0.15, -0.1) is 0 Å². The summed E-state index contributed by atoms with van der Waals surface area (Å²) in [5.74, 6) is -0.710. The van der Waals surface area contributed by atoms with Crippen LogP contribution in [0.15, 0.2) is 0 Å². The van der Waals surface area contributed by atoms with Crippen LogP contribution in [0.2, 0.25) is 0 Å². The molecule has 4 nitrogen and oxygen atoms in total. The van der Waals surface area contributed by atoms with Crippen LogP contribution in [0.4, 0.5) is 0 Å². The average molecular weight is 281 g/mol. The Hall–Kier alpha value is -1.06. The van der Waals surface area contributed by atoms with E-state index in [0.29, 0.717) is 18.3 Å². The Balaban J connectivity index is 1.94. The van der Waals surface area contributed by atoms with Crippen molar-refractivity contribution in [2.75, 3.05) is 0 Å². The number of carbonyl (C=O) groups excluding carboxylic acids is 1. The smallest absolute Gasteiger partial charge is 0.307 e. The first-order chi connectivity index (χ1) is 9.52. The quantitative estimate of drug-likeness (QED) is 0.814. The molecule has 0 aliphatic heterocycles. The number of carboxylic acids is 1. The van der Waals surface area contributed by atoms with Gasteiger partial charge in [0, 0.05) is 6.04 Å². The van der Waals surface area contributed by atoms with Crippen LogP contribution in [0.5, 0.6) is 0 Å². The third-order valence-corrected chi connectivity index (χ3v) is 5.37. The fourth-order valence-electron chi connectivity index (χ4n) is 3.95. The molecule has 2 aliphatic rings. The number of amides is 1. The zero-order valence-electron chi connectivity index (χ0n) is 12.6. The number of hydrogen-bond acceptors (Lipinski definition) is 2. The molecule has 2 saturated carbocycles. The first-order valence-corrected chi connectivity index (χ1v) is 8.06. The summed E-state index contributed by atoms with van der Waals surface area (Å²) in [5.41, 5.74) is 0. The molecule has 0 radical (unpaired) electrons. The highest BCUT2D eigenvalue weighted by Crippen LogP contribution is 2.38. The lowest BCUT2D eigenvalue weighted by Gasteiger charge is -2.23. The lowest BCUT2D eigenvalue weighted by molar-refractivity contribution is -0.146. The minimum atomic E-state index is -0.811. The minimum Gasteiger partial charge on any atom is -0.481 e. The highest BCUT2D eigenvalue weighted by molar-refractivity contribution is 5.85. The van der Waals surface area contributed by atoms with Crippen LogP contribution < -0.4 is 5.32 Å². The monoisotopic (exact) mass is 281 g/mol. The fourth-order valence-corrected chi connectivity index (χ4v) is 3.95. The average Bonchev–Trinajstić information content (AvgIpc) is 3.07. The van der Waals surface area contributed by atoms with E-state index < -0.39 is 11.9 Å². The first kappa shape index (κ1) is 15.3. The van der Waals surface area contributed by atoms with E-state index in [1.54, 1.807) is 0 Å². The lowest BCUT2D eigenvalue weighted by Crippen LogP contribution is -2.42. The molecule has 4 atom stereocenters. The van der Waals surface area contributed by atoms with Gasteiger partial charge in [-0.3, -0.25) is 9.59 Å². The molecule has 0 aromatic carbocycles. The lowest BCUT2D eigenvalue weighted by atomic mass is 9.93. The zero-order chi connectivity index (χ0) is 14.7. The molecule has 0 spiro atoms. The van der Waals surface area contributed by atoms with Crippen LogP contribution in [0.3, 0.4) is 0 Å². The maximum absolute atomic E-state index is 12.4.